The van der Waals surface area contributed by atoms with Crippen molar-refractivity contribution >= 4 is 33.6 Å². The van der Waals surface area contributed by atoms with Gasteiger partial charge in [0, 0.05) is 18.7 Å². The van der Waals surface area contributed by atoms with Crippen LogP contribution in [0, 0.1) is 0 Å². The summed E-state index contributed by atoms with van der Waals surface area (Å²) < 4.78 is 31.8. The van der Waals surface area contributed by atoms with Gasteiger partial charge in [0.25, 0.3) is 11.8 Å². The number of ether oxygens (including phenoxy) is 1. The number of nitrogens with zero attached hydrogens (tertiary/aromatic N) is 2. The molecule has 1 saturated heterocycles. The Morgan fingerprint density at radius 1 is 0.848 bits per heavy atom. The summed E-state index contributed by atoms with van der Waals surface area (Å²) in [5.74, 6) is -2.62. The molecule has 0 aromatic heterocycles. The van der Waals surface area contributed by atoms with Crippen molar-refractivity contribution in [2.24, 2.45) is 0 Å². The molecule has 2 aliphatic rings. The summed E-state index contributed by atoms with van der Waals surface area (Å²) in [4.78, 5) is 50.0. The average molecular weight is 471 g/mol. The number of ketones is 1. The van der Waals surface area contributed by atoms with Crippen LogP contribution >= 0.6 is 0 Å². The van der Waals surface area contributed by atoms with Gasteiger partial charge in [-0.3, -0.25) is 24.1 Å². The van der Waals surface area contributed by atoms with Crippen molar-refractivity contribution in [2.75, 3.05) is 26.2 Å². The van der Waals surface area contributed by atoms with Crippen LogP contribution in [0.4, 0.5) is 0 Å². The maximum Gasteiger partial charge on any atom is 0.326 e. The van der Waals surface area contributed by atoms with Crippen molar-refractivity contribution in [1.29, 1.82) is 0 Å². The van der Waals surface area contributed by atoms with Crippen molar-refractivity contribution in [3.63, 3.8) is 0 Å². The zero-order valence-corrected chi connectivity index (χ0v) is 18.5. The number of imide groups is 1. The average Bonchev–Trinajstić information content (AvgIpc) is 3.08. The Hall–Kier alpha value is -3.37. The number of benzene rings is 2. The molecule has 0 saturated carbocycles. The van der Waals surface area contributed by atoms with Gasteiger partial charge in [0.2, 0.25) is 10.0 Å². The Kier molecular flexibility index (Phi) is 6.39. The topological polar surface area (TPSA) is 118 Å². The smallest absolute Gasteiger partial charge is 0.326 e. The van der Waals surface area contributed by atoms with Crippen molar-refractivity contribution in [3.8, 4) is 0 Å². The Labute approximate surface area is 191 Å². The predicted molar refractivity (Wildman–Crippen MR) is 116 cm³/mol. The monoisotopic (exact) mass is 470 g/mol. The molecule has 2 aliphatic heterocycles. The quantitative estimate of drug-likeness (QED) is 0.344. The second kappa shape index (κ2) is 9.24. The minimum atomic E-state index is -3.61. The highest BCUT2D eigenvalue weighted by atomic mass is 32.2. The third-order valence-corrected chi connectivity index (χ3v) is 7.57. The summed E-state index contributed by atoms with van der Waals surface area (Å²) in [6.07, 6.45) is 2.65. The summed E-state index contributed by atoms with van der Waals surface area (Å²) in [6, 6.07) is 11.7. The van der Waals surface area contributed by atoms with E-state index in [-0.39, 0.29) is 21.6 Å². The number of hydrogen-bond donors (Lipinski definition) is 0. The van der Waals surface area contributed by atoms with Crippen LogP contribution in [0.15, 0.2) is 53.4 Å². The van der Waals surface area contributed by atoms with Gasteiger partial charge in [-0.25, -0.2) is 8.42 Å². The Morgan fingerprint density at radius 2 is 1.42 bits per heavy atom. The van der Waals surface area contributed by atoms with Crippen LogP contribution in [0.1, 0.15) is 50.3 Å². The fourth-order valence-corrected chi connectivity index (χ4v) is 5.37. The van der Waals surface area contributed by atoms with E-state index >= 15 is 0 Å². The highest BCUT2D eigenvalue weighted by Gasteiger charge is 2.36. The fourth-order valence-electron chi connectivity index (χ4n) is 3.85. The third kappa shape index (κ3) is 4.57. The molecule has 2 aromatic carbocycles. The van der Waals surface area contributed by atoms with Crippen LogP contribution in [0.2, 0.25) is 0 Å². The first kappa shape index (κ1) is 22.8. The number of hydrogen-bond acceptors (Lipinski definition) is 7. The summed E-state index contributed by atoms with van der Waals surface area (Å²) in [7, 11) is -3.61. The molecule has 2 amide bonds. The number of esters is 1. The fraction of sp³-hybridized carbons (Fsp3) is 0.304. The van der Waals surface area contributed by atoms with Gasteiger partial charge in [0.1, 0.15) is 6.54 Å². The van der Waals surface area contributed by atoms with Crippen LogP contribution < -0.4 is 0 Å². The molecule has 9 nitrogen and oxygen atoms in total. The zero-order chi connectivity index (χ0) is 23.6. The van der Waals surface area contributed by atoms with Gasteiger partial charge in [-0.05, 0) is 49.2 Å². The summed E-state index contributed by atoms with van der Waals surface area (Å²) >= 11 is 0. The number of sulfonamides is 1. The normalized spacial score (nSPS) is 16.5. The van der Waals surface area contributed by atoms with E-state index in [9.17, 15) is 27.6 Å². The molecule has 0 radical (unpaired) electrons. The van der Waals surface area contributed by atoms with Gasteiger partial charge >= 0.3 is 5.97 Å². The molecule has 0 unspecified atom stereocenters. The second-order valence-corrected chi connectivity index (χ2v) is 9.75. The molecule has 172 valence electrons. The molecule has 0 bridgehead atoms. The van der Waals surface area contributed by atoms with E-state index in [1.165, 1.54) is 40.7 Å². The molecule has 33 heavy (non-hydrogen) atoms. The first-order chi connectivity index (χ1) is 15.8. The number of fused-ring (bicyclic) bond motifs is 1. The summed E-state index contributed by atoms with van der Waals surface area (Å²) in [6.45, 7) is -0.245. The molecule has 0 N–H and O–H groups in total. The number of rotatable bonds is 7. The molecule has 10 heteroatoms. The van der Waals surface area contributed by atoms with Crippen LogP contribution in [-0.4, -0.2) is 67.4 Å². The van der Waals surface area contributed by atoms with Gasteiger partial charge < -0.3 is 4.74 Å². The van der Waals surface area contributed by atoms with Crippen molar-refractivity contribution in [3.05, 3.63) is 65.2 Å². The zero-order valence-electron chi connectivity index (χ0n) is 17.7. The van der Waals surface area contributed by atoms with E-state index in [0.717, 1.165) is 24.2 Å². The second-order valence-electron chi connectivity index (χ2n) is 7.82. The maximum absolute atomic E-state index is 12.7. The first-order valence-corrected chi connectivity index (χ1v) is 12.0. The van der Waals surface area contributed by atoms with Gasteiger partial charge in [-0.2, -0.15) is 4.31 Å². The van der Waals surface area contributed by atoms with E-state index in [2.05, 4.69) is 0 Å². The highest BCUT2D eigenvalue weighted by Crippen LogP contribution is 2.23. The highest BCUT2D eigenvalue weighted by molar-refractivity contribution is 7.89. The predicted octanol–water partition coefficient (Wildman–Crippen LogP) is 1.88. The van der Waals surface area contributed by atoms with Gasteiger partial charge in [0.15, 0.2) is 12.4 Å². The minimum Gasteiger partial charge on any atom is -0.456 e. The lowest BCUT2D eigenvalue weighted by molar-refractivity contribution is -0.142. The summed E-state index contributed by atoms with van der Waals surface area (Å²) in [5.41, 5.74) is 0.609. The molecule has 0 aliphatic carbocycles. The van der Waals surface area contributed by atoms with E-state index < -0.39 is 46.7 Å². The molecule has 1 fully saturated rings. The lowest BCUT2D eigenvalue weighted by atomic mass is 10.1. The van der Waals surface area contributed by atoms with E-state index in [0.29, 0.717) is 13.1 Å². The molecular weight excluding hydrogens is 448 g/mol. The van der Waals surface area contributed by atoms with Crippen LogP contribution in [0.5, 0.6) is 0 Å². The molecule has 2 aromatic rings. The lowest BCUT2D eigenvalue weighted by Crippen LogP contribution is -2.36. The van der Waals surface area contributed by atoms with Crippen LogP contribution in [-0.2, 0) is 19.6 Å². The molecule has 0 spiro atoms. The molecule has 2 heterocycles. The van der Waals surface area contributed by atoms with Crippen molar-refractivity contribution in [1.82, 2.24) is 9.21 Å². The first-order valence-electron chi connectivity index (χ1n) is 10.5. The third-order valence-electron chi connectivity index (χ3n) is 5.66. The number of carbonyl (C=O) groups is 4. The van der Waals surface area contributed by atoms with Crippen LogP contribution in [0.25, 0.3) is 0 Å². The minimum absolute atomic E-state index is 0.101. The van der Waals surface area contributed by atoms with Crippen molar-refractivity contribution < 1.29 is 32.3 Å². The number of amides is 2. The Bertz CT molecular complexity index is 1180. The number of piperidine rings is 1. The Balaban J connectivity index is 1.33. The van der Waals surface area contributed by atoms with Gasteiger partial charge in [0.05, 0.1) is 16.0 Å². The van der Waals surface area contributed by atoms with E-state index in [1.54, 1.807) is 12.1 Å². The Morgan fingerprint density at radius 3 is 2.00 bits per heavy atom. The molecule has 0 atom stereocenters. The molecule has 4 rings (SSSR count). The summed E-state index contributed by atoms with van der Waals surface area (Å²) in [5, 5.41) is 0. The van der Waals surface area contributed by atoms with E-state index in [1.807, 2.05) is 0 Å². The van der Waals surface area contributed by atoms with Gasteiger partial charge in [-0.1, -0.05) is 18.6 Å². The number of carbonyl (C=O) groups excluding carboxylic acids is 4. The SMILES string of the molecule is O=C(CN1C(=O)c2ccccc2C1=O)OCC(=O)c1ccc(S(=O)(=O)N2CCCCC2)cc1. The largest absolute Gasteiger partial charge is 0.456 e. The maximum atomic E-state index is 12.7. The number of Topliss-reactive ketones (excluding diaryl/α,β-unsaturated/α-hetero) is 1. The van der Waals surface area contributed by atoms with E-state index in [4.69, 9.17) is 4.74 Å². The standard InChI is InChI=1S/C23H22N2O7S/c26-20(16-8-10-17(11-9-16)33(30,31)24-12-4-1-5-13-24)15-32-21(27)14-25-22(28)18-6-2-3-7-19(18)23(25)29/h2-3,6-11H,1,4-5,12-15H2. The lowest BCUT2D eigenvalue weighted by Gasteiger charge is -2.25. The van der Waals surface area contributed by atoms with Crippen molar-refractivity contribution in [2.45, 2.75) is 24.2 Å². The van der Waals surface area contributed by atoms with Gasteiger partial charge in [-0.15, -0.1) is 0 Å². The van der Waals surface area contributed by atoms with Crippen LogP contribution in [0.3, 0.4) is 0 Å². The molecular formula is C23H22N2O7S.